The van der Waals surface area contributed by atoms with Gasteiger partial charge in [0, 0.05) is 5.69 Å². The minimum Gasteiger partial charge on any atom is -0.395 e. The summed E-state index contributed by atoms with van der Waals surface area (Å²) in [7, 11) is 0. The van der Waals surface area contributed by atoms with Gasteiger partial charge in [-0.25, -0.2) is 4.99 Å². The first-order chi connectivity index (χ1) is 18.6. The third-order valence-electron chi connectivity index (χ3n) is 6.55. The van der Waals surface area contributed by atoms with Gasteiger partial charge in [-0.3, -0.25) is 4.79 Å². The van der Waals surface area contributed by atoms with Crippen molar-refractivity contribution in [3.05, 3.63) is 94.7 Å². The molecule has 0 bridgehead atoms. The Labute approximate surface area is 225 Å². The fourth-order valence-corrected chi connectivity index (χ4v) is 4.34. The molecule has 6 nitrogen and oxygen atoms in total. The molecule has 0 aliphatic heterocycles. The highest BCUT2D eigenvalue weighted by molar-refractivity contribution is 6.47. The van der Waals surface area contributed by atoms with Crippen molar-refractivity contribution in [2.45, 2.75) is 44.8 Å². The van der Waals surface area contributed by atoms with Crippen molar-refractivity contribution in [3.8, 4) is 6.07 Å². The molecule has 0 radical (unpaired) electrons. The summed E-state index contributed by atoms with van der Waals surface area (Å²) >= 11 is 0. The summed E-state index contributed by atoms with van der Waals surface area (Å²) in [5.41, 5.74) is 7.43. The van der Waals surface area contributed by atoms with Gasteiger partial charge in [0.25, 0.3) is 5.91 Å². The molecule has 1 atom stereocenters. The number of amides is 1. The van der Waals surface area contributed by atoms with E-state index in [9.17, 15) is 18.0 Å². The number of benzene rings is 2. The van der Waals surface area contributed by atoms with E-state index < -0.39 is 23.5 Å². The fourth-order valence-electron chi connectivity index (χ4n) is 4.34. The van der Waals surface area contributed by atoms with Gasteiger partial charge in [0.05, 0.1) is 23.4 Å². The van der Waals surface area contributed by atoms with Crippen molar-refractivity contribution in [1.82, 2.24) is 5.32 Å². The number of rotatable bonds is 9. The number of carbonyl (C=O) groups is 1. The predicted molar refractivity (Wildman–Crippen MR) is 146 cm³/mol. The van der Waals surface area contributed by atoms with Gasteiger partial charge in [0.2, 0.25) is 0 Å². The number of anilines is 1. The molecule has 4 N–H and O–H groups in total. The van der Waals surface area contributed by atoms with Crippen LogP contribution in [0.15, 0.2) is 88.6 Å². The summed E-state index contributed by atoms with van der Waals surface area (Å²) in [5, 5.41) is 15.5. The Hall–Kier alpha value is -4.16. The molecule has 9 heteroatoms. The molecule has 0 saturated heterocycles. The minimum absolute atomic E-state index is 0.0475. The van der Waals surface area contributed by atoms with Crippen LogP contribution in [0.2, 0.25) is 0 Å². The van der Waals surface area contributed by atoms with Crippen LogP contribution in [0.1, 0.15) is 49.8 Å². The second-order valence-corrected chi connectivity index (χ2v) is 9.83. The van der Waals surface area contributed by atoms with Crippen molar-refractivity contribution in [3.63, 3.8) is 0 Å². The maximum Gasteiger partial charge on any atom is 0.430 e. The van der Waals surface area contributed by atoms with E-state index in [0.29, 0.717) is 17.7 Å². The number of nitrogens with two attached hydrogens (primary N) is 1. The number of aliphatic imine (C=N–C) groups is 1. The van der Waals surface area contributed by atoms with Gasteiger partial charge in [0.1, 0.15) is 11.4 Å². The molecule has 1 amide bonds. The van der Waals surface area contributed by atoms with Crippen LogP contribution in [-0.2, 0) is 4.79 Å². The van der Waals surface area contributed by atoms with Gasteiger partial charge >= 0.3 is 6.18 Å². The van der Waals surface area contributed by atoms with Crippen LogP contribution in [0.5, 0.6) is 0 Å². The number of halogens is 3. The summed E-state index contributed by atoms with van der Waals surface area (Å²) in [6, 6.07) is 15.1. The second-order valence-electron chi connectivity index (χ2n) is 9.83. The van der Waals surface area contributed by atoms with Gasteiger partial charge in [-0.15, -0.1) is 0 Å². The second kappa shape index (κ2) is 12.1. The van der Waals surface area contributed by atoms with Crippen molar-refractivity contribution in [1.29, 1.82) is 5.26 Å². The maximum atomic E-state index is 13.2. The minimum atomic E-state index is -4.84. The standard InChI is InChI=1S/C30H30F3N5O/c1-19-5-2-7-22(13-19)28(36-18-20-11-12-20)23-8-4-10-25(15-23)38-29(39)26(16-27(35)30(31,32)33)37-24-9-3-6-21(14-24)17-34/h3-6,8-10,13-16,20,28,36H,2,7,11-12,18,35H2,1H3,(H,38,39). The Morgan fingerprint density at radius 3 is 2.69 bits per heavy atom. The number of alkyl halides is 3. The molecule has 1 saturated carbocycles. The SMILES string of the molecule is CC1=CCCC(C(NCC2CC2)c2cccc(NC(=O)C(C=C(N)C(F)(F)F)=Nc3cccc(C#N)c3)c2)=C1. The van der Waals surface area contributed by atoms with Gasteiger partial charge in [-0.2, -0.15) is 18.4 Å². The highest BCUT2D eigenvalue weighted by atomic mass is 19.4. The van der Waals surface area contributed by atoms with Crippen molar-refractivity contribution in [2.75, 3.05) is 11.9 Å². The summed E-state index contributed by atoms with van der Waals surface area (Å²) in [6.07, 6.45) is 4.33. The number of allylic oxidation sites excluding steroid dienone is 4. The van der Waals surface area contributed by atoms with Crippen LogP contribution in [0.25, 0.3) is 0 Å². The van der Waals surface area contributed by atoms with Crippen LogP contribution in [-0.4, -0.2) is 24.3 Å². The van der Waals surface area contributed by atoms with Crippen LogP contribution in [0, 0.1) is 17.2 Å². The summed E-state index contributed by atoms with van der Waals surface area (Å²) in [6.45, 7) is 2.96. The molecule has 2 aromatic rings. The third kappa shape index (κ3) is 7.91. The smallest absolute Gasteiger partial charge is 0.395 e. The largest absolute Gasteiger partial charge is 0.430 e. The van der Waals surface area contributed by atoms with E-state index in [-0.39, 0.29) is 17.3 Å². The Balaban J connectivity index is 1.63. The molecule has 2 aromatic carbocycles. The first kappa shape index (κ1) is 27.9. The van der Waals surface area contributed by atoms with E-state index in [0.717, 1.165) is 24.9 Å². The van der Waals surface area contributed by atoms with E-state index in [1.807, 2.05) is 18.2 Å². The Morgan fingerprint density at radius 1 is 1.23 bits per heavy atom. The Morgan fingerprint density at radius 2 is 2.00 bits per heavy atom. The lowest BCUT2D eigenvalue weighted by Gasteiger charge is -2.25. The Bertz CT molecular complexity index is 1390. The van der Waals surface area contributed by atoms with Crippen molar-refractivity contribution in [2.24, 2.45) is 16.6 Å². The van der Waals surface area contributed by atoms with Crippen LogP contribution in [0.4, 0.5) is 24.5 Å². The molecule has 0 heterocycles. The lowest BCUT2D eigenvalue weighted by Crippen LogP contribution is -2.27. The van der Waals surface area contributed by atoms with Gasteiger partial charge in [-0.1, -0.05) is 35.9 Å². The number of nitrogens with zero attached hydrogens (tertiary/aromatic N) is 2. The quantitative estimate of drug-likeness (QED) is 0.325. The average molecular weight is 534 g/mol. The molecule has 0 spiro atoms. The molecule has 4 rings (SSSR count). The normalized spacial score (nSPS) is 17.1. The predicted octanol–water partition coefficient (Wildman–Crippen LogP) is 6.38. The lowest BCUT2D eigenvalue weighted by atomic mass is 9.90. The first-order valence-electron chi connectivity index (χ1n) is 12.8. The number of carbonyl (C=O) groups excluding carboxylic acids is 1. The number of nitriles is 1. The zero-order chi connectivity index (χ0) is 28.0. The Kier molecular flexibility index (Phi) is 8.67. The monoisotopic (exact) mass is 533 g/mol. The van der Waals surface area contributed by atoms with E-state index >= 15 is 0 Å². The molecule has 0 aromatic heterocycles. The summed E-state index contributed by atoms with van der Waals surface area (Å²) in [5.74, 6) is -0.194. The van der Waals surface area contributed by atoms with Crippen LogP contribution < -0.4 is 16.4 Å². The molecule has 1 fully saturated rings. The van der Waals surface area contributed by atoms with E-state index in [1.54, 1.807) is 12.1 Å². The van der Waals surface area contributed by atoms with Gasteiger partial charge in [0.15, 0.2) is 0 Å². The number of hydrogen-bond donors (Lipinski definition) is 3. The average Bonchev–Trinajstić information content (AvgIpc) is 3.73. The zero-order valence-corrected chi connectivity index (χ0v) is 21.6. The summed E-state index contributed by atoms with van der Waals surface area (Å²) < 4.78 is 39.6. The highest BCUT2D eigenvalue weighted by Crippen LogP contribution is 2.34. The molecule has 1 unspecified atom stereocenters. The number of nitrogens with one attached hydrogen (secondary N) is 2. The lowest BCUT2D eigenvalue weighted by molar-refractivity contribution is -0.110. The van der Waals surface area contributed by atoms with Crippen LogP contribution in [0.3, 0.4) is 0 Å². The molecule has 2 aliphatic carbocycles. The maximum absolute atomic E-state index is 13.2. The van der Waals surface area contributed by atoms with Gasteiger partial charge < -0.3 is 16.4 Å². The van der Waals surface area contributed by atoms with Crippen molar-refractivity contribution >= 4 is 23.0 Å². The number of hydrogen-bond acceptors (Lipinski definition) is 5. The first-order valence-corrected chi connectivity index (χ1v) is 12.8. The molecule has 202 valence electrons. The molecular formula is C30H30F3N5O. The summed E-state index contributed by atoms with van der Waals surface area (Å²) in [4.78, 5) is 17.3. The fraction of sp³-hybridized carbons (Fsp3) is 0.300. The topological polar surface area (TPSA) is 103 Å². The van der Waals surface area contributed by atoms with Crippen molar-refractivity contribution < 1.29 is 18.0 Å². The van der Waals surface area contributed by atoms with E-state index in [4.69, 9.17) is 11.0 Å². The van der Waals surface area contributed by atoms with Crippen LogP contribution >= 0.6 is 0 Å². The van der Waals surface area contributed by atoms with E-state index in [2.05, 4.69) is 34.7 Å². The third-order valence-corrected chi connectivity index (χ3v) is 6.55. The highest BCUT2D eigenvalue weighted by Gasteiger charge is 2.32. The zero-order valence-electron chi connectivity index (χ0n) is 21.6. The van der Waals surface area contributed by atoms with Gasteiger partial charge in [-0.05, 0) is 92.6 Å². The molecule has 39 heavy (non-hydrogen) atoms. The molecular weight excluding hydrogens is 503 g/mol. The van der Waals surface area contributed by atoms with E-state index in [1.165, 1.54) is 48.3 Å². The molecule has 2 aliphatic rings.